The van der Waals surface area contributed by atoms with Gasteiger partial charge in [0.1, 0.15) is 0 Å². The molecule has 0 heterocycles. The average molecular weight is 274 g/mol. The van der Waals surface area contributed by atoms with E-state index in [0.717, 1.165) is 10.4 Å². The van der Waals surface area contributed by atoms with Gasteiger partial charge in [-0.1, -0.05) is 61.2 Å². The molecule has 2 heteroatoms. The molecule has 19 heavy (non-hydrogen) atoms. The van der Waals surface area contributed by atoms with E-state index >= 15 is 0 Å². The van der Waals surface area contributed by atoms with Gasteiger partial charge in [0.2, 0.25) is 0 Å². The van der Waals surface area contributed by atoms with Gasteiger partial charge in [0.15, 0.2) is 0 Å². The molecule has 0 saturated heterocycles. The van der Waals surface area contributed by atoms with Crippen LogP contribution in [-0.4, -0.2) is 0 Å². The van der Waals surface area contributed by atoms with Crippen LogP contribution in [0.25, 0.3) is 10.8 Å². The highest BCUT2D eigenvalue weighted by atomic mass is 35.5. The smallest absolute Gasteiger partial charge is 0.0484 e. The minimum atomic E-state index is 0.141. The molecule has 1 fully saturated rings. The number of benzene rings is 2. The van der Waals surface area contributed by atoms with Gasteiger partial charge >= 0.3 is 0 Å². The molecule has 2 N–H and O–H groups in total. The maximum Gasteiger partial charge on any atom is 0.0484 e. The van der Waals surface area contributed by atoms with Gasteiger partial charge in [-0.05, 0) is 35.8 Å². The summed E-state index contributed by atoms with van der Waals surface area (Å²) in [5.41, 5.74) is 7.80. The number of halogens is 1. The van der Waals surface area contributed by atoms with Crippen LogP contribution >= 0.6 is 11.6 Å². The molecule has 1 atom stereocenters. The van der Waals surface area contributed by atoms with E-state index in [9.17, 15) is 0 Å². The van der Waals surface area contributed by atoms with Gasteiger partial charge in [0.05, 0.1) is 0 Å². The normalized spacial score (nSPS) is 18.6. The van der Waals surface area contributed by atoms with E-state index in [1.807, 2.05) is 12.1 Å². The lowest BCUT2D eigenvalue weighted by atomic mass is 9.80. The molecular formula is C17H20ClN. The van der Waals surface area contributed by atoms with E-state index in [1.54, 1.807) is 0 Å². The zero-order valence-electron chi connectivity index (χ0n) is 11.1. The lowest BCUT2D eigenvalue weighted by Crippen LogP contribution is -2.23. The van der Waals surface area contributed by atoms with Crippen molar-refractivity contribution < 1.29 is 0 Å². The average Bonchev–Trinajstić information content (AvgIpc) is 2.48. The number of rotatable bonds is 2. The quantitative estimate of drug-likeness (QED) is 0.812. The molecule has 1 aliphatic carbocycles. The third-order valence-electron chi connectivity index (χ3n) is 4.42. The van der Waals surface area contributed by atoms with Crippen molar-refractivity contribution in [1.29, 1.82) is 0 Å². The third kappa shape index (κ3) is 2.50. The third-order valence-corrected chi connectivity index (χ3v) is 4.75. The predicted molar refractivity (Wildman–Crippen MR) is 82.5 cm³/mol. The SMILES string of the molecule is NC(c1ccc(Cl)c2ccccc12)C1CCCCC1. The van der Waals surface area contributed by atoms with Gasteiger partial charge in [0.25, 0.3) is 0 Å². The second-order valence-corrected chi connectivity index (χ2v) is 6.01. The number of hydrogen-bond donors (Lipinski definition) is 1. The highest BCUT2D eigenvalue weighted by Gasteiger charge is 2.23. The molecule has 2 aromatic rings. The molecule has 1 unspecified atom stereocenters. The highest BCUT2D eigenvalue weighted by Crippen LogP contribution is 2.37. The van der Waals surface area contributed by atoms with Crippen LogP contribution in [0.3, 0.4) is 0 Å². The molecule has 100 valence electrons. The Labute approximate surface area is 119 Å². The van der Waals surface area contributed by atoms with Crippen LogP contribution in [0.1, 0.15) is 43.7 Å². The van der Waals surface area contributed by atoms with Crippen molar-refractivity contribution in [3.05, 3.63) is 47.0 Å². The Hall–Kier alpha value is -1.05. The molecule has 1 nitrogen and oxygen atoms in total. The van der Waals surface area contributed by atoms with E-state index in [-0.39, 0.29) is 6.04 Å². The molecule has 0 radical (unpaired) electrons. The monoisotopic (exact) mass is 273 g/mol. The fourth-order valence-electron chi connectivity index (χ4n) is 3.32. The van der Waals surface area contributed by atoms with Crippen molar-refractivity contribution in [3.63, 3.8) is 0 Å². The van der Waals surface area contributed by atoms with Gasteiger partial charge in [-0.3, -0.25) is 0 Å². The summed E-state index contributed by atoms with van der Waals surface area (Å²) in [6.07, 6.45) is 6.54. The zero-order chi connectivity index (χ0) is 13.2. The first-order valence-electron chi connectivity index (χ1n) is 7.20. The van der Waals surface area contributed by atoms with Gasteiger partial charge in [-0.2, -0.15) is 0 Å². The molecule has 2 aromatic carbocycles. The summed E-state index contributed by atoms with van der Waals surface area (Å²) in [5.74, 6) is 0.623. The summed E-state index contributed by atoms with van der Waals surface area (Å²) in [6.45, 7) is 0. The zero-order valence-corrected chi connectivity index (χ0v) is 11.9. The Morgan fingerprint density at radius 1 is 0.947 bits per heavy atom. The van der Waals surface area contributed by atoms with E-state index < -0.39 is 0 Å². The minimum absolute atomic E-state index is 0.141. The number of fused-ring (bicyclic) bond motifs is 1. The van der Waals surface area contributed by atoms with Gasteiger partial charge in [-0.15, -0.1) is 0 Å². The van der Waals surface area contributed by atoms with Gasteiger partial charge in [-0.25, -0.2) is 0 Å². The number of hydrogen-bond acceptors (Lipinski definition) is 1. The summed E-state index contributed by atoms with van der Waals surface area (Å²) < 4.78 is 0. The summed E-state index contributed by atoms with van der Waals surface area (Å²) >= 11 is 6.28. The molecule has 1 saturated carbocycles. The standard InChI is InChI=1S/C17H20ClN/c18-16-11-10-15(13-8-4-5-9-14(13)16)17(19)12-6-2-1-3-7-12/h4-5,8-12,17H,1-3,6-7,19H2. The van der Waals surface area contributed by atoms with Crippen molar-refractivity contribution in [1.82, 2.24) is 0 Å². The van der Waals surface area contributed by atoms with Crippen LogP contribution in [0, 0.1) is 5.92 Å². The maximum absolute atomic E-state index is 6.54. The van der Waals surface area contributed by atoms with Crippen molar-refractivity contribution in [3.8, 4) is 0 Å². The van der Waals surface area contributed by atoms with Gasteiger partial charge < -0.3 is 5.73 Å². The molecule has 0 amide bonds. The van der Waals surface area contributed by atoms with Crippen LogP contribution in [0.4, 0.5) is 0 Å². The van der Waals surface area contributed by atoms with Crippen molar-refractivity contribution in [2.45, 2.75) is 38.1 Å². The Kier molecular flexibility index (Phi) is 3.76. The first-order chi connectivity index (χ1) is 9.27. The lowest BCUT2D eigenvalue weighted by molar-refractivity contribution is 0.309. The molecular weight excluding hydrogens is 254 g/mol. The van der Waals surface area contributed by atoms with E-state index in [1.165, 1.54) is 43.1 Å². The molecule has 0 bridgehead atoms. The molecule has 0 aromatic heterocycles. The number of nitrogens with two attached hydrogens (primary N) is 1. The lowest BCUT2D eigenvalue weighted by Gasteiger charge is -2.28. The van der Waals surface area contributed by atoms with Crippen LogP contribution in [0.2, 0.25) is 5.02 Å². The first kappa shape index (κ1) is 13.0. The van der Waals surface area contributed by atoms with Crippen molar-refractivity contribution in [2.75, 3.05) is 0 Å². The van der Waals surface area contributed by atoms with E-state index in [4.69, 9.17) is 17.3 Å². The molecule has 0 aliphatic heterocycles. The maximum atomic E-state index is 6.54. The summed E-state index contributed by atoms with van der Waals surface area (Å²) in [6, 6.07) is 12.6. The molecule has 0 spiro atoms. The van der Waals surface area contributed by atoms with Crippen molar-refractivity contribution in [2.24, 2.45) is 11.7 Å². The van der Waals surface area contributed by atoms with E-state index in [0.29, 0.717) is 5.92 Å². The van der Waals surface area contributed by atoms with E-state index in [2.05, 4.69) is 24.3 Å². The predicted octanol–water partition coefficient (Wildman–Crippen LogP) is 5.07. The second-order valence-electron chi connectivity index (χ2n) is 5.61. The first-order valence-corrected chi connectivity index (χ1v) is 7.58. The van der Waals surface area contributed by atoms with Crippen LogP contribution in [0.5, 0.6) is 0 Å². The summed E-state index contributed by atoms with van der Waals surface area (Å²) in [5, 5.41) is 3.15. The Balaban J connectivity index is 2.02. The summed E-state index contributed by atoms with van der Waals surface area (Å²) in [7, 11) is 0. The van der Waals surface area contributed by atoms with Crippen molar-refractivity contribution >= 4 is 22.4 Å². The van der Waals surface area contributed by atoms with Gasteiger partial charge in [0, 0.05) is 16.5 Å². The van der Waals surface area contributed by atoms with Crippen LogP contribution in [-0.2, 0) is 0 Å². The largest absolute Gasteiger partial charge is 0.324 e. The fraction of sp³-hybridized carbons (Fsp3) is 0.412. The molecule has 1 aliphatic rings. The highest BCUT2D eigenvalue weighted by molar-refractivity contribution is 6.35. The second kappa shape index (κ2) is 5.52. The Bertz CT molecular complexity index is 572. The van der Waals surface area contributed by atoms with Crippen LogP contribution < -0.4 is 5.73 Å². The molecule has 3 rings (SSSR count). The Morgan fingerprint density at radius 3 is 2.37 bits per heavy atom. The minimum Gasteiger partial charge on any atom is -0.324 e. The van der Waals surface area contributed by atoms with Crippen LogP contribution in [0.15, 0.2) is 36.4 Å². The summed E-state index contributed by atoms with van der Waals surface area (Å²) in [4.78, 5) is 0. The topological polar surface area (TPSA) is 26.0 Å². The fourth-order valence-corrected chi connectivity index (χ4v) is 3.55. The Morgan fingerprint density at radius 2 is 1.63 bits per heavy atom.